The largest absolute Gasteiger partial charge is 0.399 e. The van der Waals surface area contributed by atoms with Crippen molar-refractivity contribution in [2.45, 2.75) is 4.90 Å². The maximum atomic E-state index is 12.6. The van der Waals surface area contributed by atoms with Crippen molar-refractivity contribution in [3.63, 3.8) is 0 Å². The van der Waals surface area contributed by atoms with E-state index in [1.165, 1.54) is 12.1 Å². The smallest absolute Gasteiger partial charge is 0.323 e. The van der Waals surface area contributed by atoms with Crippen LogP contribution in [0.2, 0.25) is 0 Å². The lowest BCUT2D eigenvalue weighted by Gasteiger charge is -2.14. The summed E-state index contributed by atoms with van der Waals surface area (Å²) in [5.74, 6) is 0. The van der Waals surface area contributed by atoms with E-state index in [2.05, 4.69) is 31.3 Å². The second-order valence-electron chi connectivity index (χ2n) is 5.78. The van der Waals surface area contributed by atoms with Gasteiger partial charge in [-0.1, -0.05) is 30.3 Å². The molecule has 9 heteroatoms. The quantitative estimate of drug-likeness (QED) is 0.420. The van der Waals surface area contributed by atoms with Crippen LogP contribution >= 0.6 is 15.9 Å². The summed E-state index contributed by atoms with van der Waals surface area (Å²) < 4.78 is 28.5. The molecule has 28 heavy (non-hydrogen) atoms. The molecule has 0 heterocycles. The van der Waals surface area contributed by atoms with Crippen LogP contribution in [0.3, 0.4) is 0 Å². The average molecular weight is 461 g/mol. The monoisotopic (exact) mass is 460 g/mol. The van der Waals surface area contributed by atoms with Crippen LogP contribution in [0.15, 0.2) is 82.2 Å². The Bertz CT molecular complexity index is 1120. The van der Waals surface area contributed by atoms with Gasteiger partial charge in [0, 0.05) is 10.2 Å². The van der Waals surface area contributed by atoms with Gasteiger partial charge in [0.2, 0.25) is 0 Å². The summed E-state index contributed by atoms with van der Waals surface area (Å²) in [6, 6.07) is 19.1. The number of nitrogen functional groups attached to an aromatic ring is 1. The van der Waals surface area contributed by atoms with Crippen molar-refractivity contribution in [2.75, 3.05) is 21.1 Å². The van der Waals surface area contributed by atoms with Gasteiger partial charge >= 0.3 is 6.03 Å². The van der Waals surface area contributed by atoms with Gasteiger partial charge in [0.05, 0.1) is 22.0 Å². The van der Waals surface area contributed by atoms with Crippen LogP contribution in [0.4, 0.5) is 27.5 Å². The molecule has 7 nitrogen and oxygen atoms in total. The molecule has 3 aromatic carbocycles. The van der Waals surface area contributed by atoms with E-state index in [1.807, 2.05) is 6.07 Å². The topological polar surface area (TPSA) is 113 Å². The molecule has 5 N–H and O–H groups in total. The summed E-state index contributed by atoms with van der Waals surface area (Å²) in [6.45, 7) is 0. The van der Waals surface area contributed by atoms with E-state index in [9.17, 15) is 13.2 Å². The number of hydrogen-bond acceptors (Lipinski definition) is 4. The molecular formula is C19H17BrN4O3S. The van der Waals surface area contributed by atoms with Gasteiger partial charge in [0.15, 0.2) is 0 Å². The van der Waals surface area contributed by atoms with E-state index in [0.717, 1.165) is 4.47 Å². The number of hydrogen-bond donors (Lipinski definition) is 4. The number of anilines is 4. The van der Waals surface area contributed by atoms with Gasteiger partial charge in [-0.3, -0.25) is 4.72 Å². The molecule has 3 aromatic rings. The molecule has 0 radical (unpaired) electrons. The molecule has 0 aliphatic heterocycles. The lowest BCUT2D eigenvalue weighted by molar-refractivity contribution is 0.262. The van der Waals surface area contributed by atoms with Crippen molar-refractivity contribution in [2.24, 2.45) is 0 Å². The highest BCUT2D eigenvalue weighted by Crippen LogP contribution is 2.26. The summed E-state index contributed by atoms with van der Waals surface area (Å²) in [5, 5.41) is 5.35. The van der Waals surface area contributed by atoms with Gasteiger partial charge in [-0.15, -0.1) is 0 Å². The fourth-order valence-electron chi connectivity index (χ4n) is 2.40. The first kappa shape index (κ1) is 19.7. The molecule has 0 bridgehead atoms. The van der Waals surface area contributed by atoms with Gasteiger partial charge in [0.25, 0.3) is 10.0 Å². The average Bonchev–Trinajstić information content (AvgIpc) is 2.65. The number of halogens is 1. The van der Waals surface area contributed by atoms with Crippen molar-refractivity contribution in [3.8, 4) is 0 Å². The Balaban J connectivity index is 1.80. The Kier molecular flexibility index (Phi) is 5.86. The summed E-state index contributed by atoms with van der Waals surface area (Å²) >= 11 is 3.35. The summed E-state index contributed by atoms with van der Waals surface area (Å²) in [4.78, 5) is 12.4. The van der Waals surface area contributed by atoms with Gasteiger partial charge in [-0.05, 0) is 58.4 Å². The highest BCUT2D eigenvalue weighted by atomic mass is 79.9. The van der Waals surface area contributed by atoms with Crippen molar-refractivity contribution in [1.29, 1.82) is 0 Å². The molecule has 0 saturated heterocycles. The number of amides is 2. The lowest BCUT2D eigenvalue weighted by atomic mass is 10.3. The number of carbonyl (C=O) groups excluding carboxylic acids is 1. The molecule has 0 saturated carbocycles. The maximum absolute atomic E-state index is 12.6. The first-order chi connectivity index (χ1) is 13.3. The highest BCUT2D eigenvalue weighted by Gasteiger charge is 2.17. The molecule has 0 fully saturated rings. The Morgan fingerprint density at radius 2 is 1.43 bits per heavy atom. The van der Waals surface area contributed by atoms with Crippen LogP contribution in [0.1, 0.15) is 0 Å². The van der Waals surface area contributed by atoms with Crippen LogP contribution in [-0.4, -0.2) is 14.4 Å². The van der Waals surface area contributed by atoms with Crippen LogP contribution in [0.5, 0.6) is 0 Å². The molecular weight excluding hydrogens is 444 g/mol. The molecule has 144 valence electrons. The minimum absolute atomic E-state index is 0.0278. The van der Waals surface area contributed by atoms with Crippen molar-refractivity contribution in [1.82, 2.24) is 0 Å². The van der Waals surface area contributed by atoms with E-state index in [1.54, 1.807) is 54.6 Å². The molecule has 0 aromatic heterocycles. The minimum atomic E-state index is -3.87. The number of nitrogens with one attached hydrogen (secondary N) is 3. The van der Waals surface area contributed by atoms with Crippen molar-refractivity contribution >= 4 is 54.7 Å². The number of rotatable bonds is 5. The van der Waals surface area contributed by atoms with Gasteiger partial charge in [-0.2, -0.15) is 0 Å². The summed E-state index contributed by atoms with van der Waals surface area (Å²) in [7, 11) is -3.87. The first-order valence-electron chi connectivity index (χ1n) is 8.15. The van der Waals surface area contributed by atoms with E-state index in [-0.39, 0.29) is 10.6 Å². The van der Waals surface area contributed by atoms with Gasteiger partial charge in [0.1, 0.15) is 0 Å². The maximum Gasteiger partial charge on any atom is 0.323 e. The lowest BCUT2D eigenvalue weighted by Crippen LogP contribution is -2.21. The zero-order valence-electron chi connectivity index (χ0n) is 14.5. The standard InChI is InChI=1S/C19H17BrN4O3S/c20-15-8-1-2-9-16(15)22-19(25)23-17-10-3-4-11-18(17)24-28(26,27)14-7-5-6-13(21)12-14/h1-12,24H,21H2,(H2,22,23,25). The SMILES string of the molecule is Nc1cccc(S(=O)(=O)Nc2ccccc2NC(=O)Nc2ccccc2Br)c1. The molecule has 0 aliphatic rings. The van der Waals surface area contributed by atoms with Crippen molar-refractivity contribution < 1.29 is 13.2 Å². The fraction of sp³-hybridized carbons (Fsp3) is 0. The Morgan fingerprint density at radius 1 is 0.821 bits per heavy atom. The van der Waals surface area contributed by atoms with Crippen molar-refractivity contribution in [3.05, 3.63) is 77.3 Å². The number of para-hydroxylation sites is 3. The highest BCUT2D eigenvalue weighted by molar-refractivity contribution is 9.10. The predicted octanol–water partition coefficient (Wildman–Crippen LogP) is 4.48. The van der Waals surface area contributed by atoms with E-state index in [4.69, 9.17) is 5.73 Å². The van der Waals surface area contributed by atoms with Gasteiger partial charge in [-0.25, -0.2) is 13.2 Å². The molecule has 3 rings (SSSR count). The normalized spacial score (nSPS) is 10.9. The zero-order valence-corrected chi connectivity index (χ0v) is 16.9. The van der Waals surface area contributed by atoms with E-state index >= 15 is 0 Å². The second kappa shape index (κ2) is 8.32. The minimum Gasteiger partial charge on any atom is -0.399 e. The summed E-state index contributed by atoms with van der Waals surface area (Å²) in [5.41, 5.74) is 7.12. The van der Waals surface area contributed by atoms with Crippen LogP contribution in [0, 0.1) is 0 Å². The predicted molar refractivity (Wildman–Crippen MR) is 115 cm³/mol. The van der Waals surface area contributed by atoms with E-state index < -0.39 is 16.1 Å². The Hall–Kier alpha value is -3.04. The number of benzene rings is 3. The molecule has 0 unspecified atom stereocenters. The van der Waals surface area contributed by atoms with Crippen LogP contribution in [-0.2, 0) is 10.0 Å². The fourth-order valence-corrected chi connectivity index (χ4v) is 3.92. The van der Waals surface area contributed by atoms with E-state index in [0.29, 0.717) is 17.1 Å². The third kappa shape index (κ3) is 4.81. The third-order valence-corrected chi connectivity index (χ3v) is 5.76. The second-order valence-corrected chi connectivity index (χ2v) is 8.32. The molecule has 0 spiro atoms. The molecule has 0 atom stereocenters. The summed E-state index contributed by atoms with van der Waals surface area (Å²) in [6.07, 6.45) is 0. The number of nitrogens with two attached hydrogens (primary N) is 1. The number of carbonyl (C=O) groups is 1. The third-order valence-electron chi connectivity index (χ3n) is 3.71. The number of sulfonamides is 1. The van der Waals surface area contributed by atoms with Gasteiger partial charge < -0.3 is 16.4 Å². The Labute approximate surface area is 171 Å². The number of urea groups is 1. The molecule has 0 aliphatic carbocycles. The molecule has 2 amide bonds. The zero-order chi connectivity index (χ0) is 20.1. The Morgan fingerprint density at radius 3 is 2.11 bits per heavy atom. The van der Waals surface area contributed by atoms with Crippen LogP contribution in [0.25, 0.3) is 0 Å². The van der Waals surface area contributed by atoms with Crippen LogP contribution < -0.4 is 21.1 Å². The first-order valence-corrected chi connectivity index (χ1v) is 10.4.